The molecule has 1 amide bonds. The summed E-state index contributed by atoms with van der Waals surface area (Å²) in [6.07, 6.45) is 5.57. The number of hydrogen-bond donors (Lipinski definition) is 1. The molecule has 132 valence electrons. The van der Waals surface area contributed by atoms with Crippen molar-refractivity contribution < 1.29 is 9.21 Å². The van der Waals surface area contributed by atoms with Gasteiger partial charge in [-0.3, -0.25) is 4.79 Å². The van der Waals surface area contributed by atoms with E-state index in [0.29, 0.717) is 23.7 Å². The van der Waals surface area contributed by atoms with Crippen molar-refractivity contribution in [3.8, 4) is 0 Å². The molecule has 1 aliphatic carbocycles. The second-order valence-corrected chi connectivity index (χ2v) is 7.35. The lowest BCUT2D eigenvalue weighted by molar-refractivity contribution is -0.133. The van der Waals surface area contributed by atoms with E-state index in [0.717, 1.165) is 31.5 Å². The fourth-order valence-corrected chi connectivity index (χ4v) is 3.55. The summed E-state index contributed by atoms with van der Waals surface area (Å²) in [4.78, 5) is 14.6. The van der Waals surface area contributed by atoms with Crippen LogP contribution in [0.25, 0.3) is 0 Å². The predicted molar refractivity (Wildman–Crippen MR) is 94.1 cm³/mol. The minimum atomic E-state index is -0.363. The van der Waals surface area contributed by atoms with Gasteiger partial charge in [0.05, 0.1) is 6.42 Å². The van der Waals surface area contributed by atoms with Crippen molar-refractivity contribution in [1.29, 1.82) is 0 Å². The molecule has 1 N–H and O–H groups in total. The third-order valence-corrected chi connectivity index (χ3v) is 5.47. The van der Waals surface area contributed by atoms with Crippen molar-refractivity contribution in [3.63, 3.8) is 0 Å². The van der Waals surface area contributed by atoms with Crippen molar-refractivity contribution in [2.24, 2.45) is 5.41 Å². The summed E-state index contributed by atoms with van der Waals surface area (Å²) in [6, 6.07) is 9.93. The molecule has 0 bridgehead atoms. The van der Waals surface area contributed by atoms with E-state index < -0.39 is 0 Å². The van der Waals surface area contributed by atoms with E-state index in [1.54, 1.807) is 0 Å². The molecule has 0 radical (unpaired) electrons. The van der Waals surface area contributed by atoms with Crippen LogP contribution in [0.5, 0.6) is 0 Å². The molecule has 2 fully saturated rings. The number of amides is 1. The lowest BCUT2D eigenvalue weighted by atomic mass is 9.93. The van der Waals surface area contributed by atoms with E-state index in [2.05, 4.69) is 15.5 Å². The van der Waals surface area contributed by atoms with Crippen LogP contribution in [0.2, 0.25) is 0 Å². The molecular formula is C19H24N4O2. The summed E-state index contributed by atoms with van der Waals surface area (Å²) in [6.45, 7) is 3.59. The van der Waals surface area contributed by atoms with Crippen LogP contribution in [0.1, 0.15) is 44.1 Å². The van der Waals surface area contributed by atoms with Gasteiger partial charge in [-0.1, -0.05) is 35.4 Å². The average molecular weight is 340 g/mol. The Kier molecular flexibility index (Phi) is 4.19. The number of likely N-dealkylation sites (tertiary alicyclic amines) is 1. The van der Waals surface area contributed by atoms with Crippen LogP contribution in [0, 0.1) is 5.41 Å². The number of rotatable bonds is 5. The number of aromatic nitrogens is 2. The zero-order valence-electron chi connectivity index (χ0n) is 14.6. The van der Waals surface area contributed by atoms with Gasteiger partial charge in [0, 0.05) is 13.1 Å². The number of nitrogens with zero attached hydrogens (tertiary/aromatic N) is 3. The first-order valence-corrected chi connectivity index (χ1v) is 9.05. The summed E-state index contributed by atoms with van der Waals surface area (Å²) < 4.78 is 5.63. The van der Waals surface area contributed by atoms with Gasteiger partial charge in [0.25, 0.3) is 0 Å². The Morgan fingerprint density at radius 1 is 1.20 bits per heavy atom. The molecule has 2 heterocycles. The Balaban J connectivity index is 1.31. The number of benzene rings is 1. The molecule has 1 aromatic heterocycles. The van der Waals surface area contributed by atoms with Crippen LogP contribution in [-0.2, 0) is 11.2 Å². The second-order valence-electron chi connectivity index (χ2n) is 7.35. The van der Waals surface area contributed by atoms with E-state index in [9.17, 15) is 4.79 Å². The monoisotopic (exact) mass is 340 g/mol. The van der Waals surface area contributed by atoms with Gasteiger partial charge in [0.15, 0.2) is 0 Å². The van der Waals surface area contributed by atoms with Gasteiger partial charge in [0.1, 0.15) is 6.04 Å². The highest BCUT2D eigenvalue weighted by atomic mass is 16.4. The number of nitrogens with one attached hydrogen (secondary N) is 1. The van der Waals surface area contributed by atoms with Crippen molar-refractivity contribution in [2.45, 2.75) is 45.1 Å². The van der Waals surface area contributed by atoms with Crippen LogP contribution >= 0.6 is 0 Å². The SMILES string of the molecule is CC(Nc1nnc(Cc2ccccc2)o1)C(=O)N1CCC2(CC1)CC2. The van der Waals surface area contributed by atoms with Gasteiger partial charge in [-0.2, -0.15) is 0 Å². The summed E-state index contributed by atoms with van der Waals surface area (Å²) >= 11 is 0. The third kappa shape index (κ3) is 3.67. The van der Waals surface area contributed by atoms with E-state index >= 15 is 0 Å². The number of carbonyl (C=O) groups is 1. The maximum Gasteiger partial charge on any atom is 0.316 e. The van der Waals surface area contributed by atoms with Crippen LogP contribution in [0.3, 0.4) is 0 Å². The Morgan fingerprint density at radius 3 is 2.60 bits per heavy atom. The molecule has 25 heavy (non-hydrogen) atoms. The zero-order valence-corrected chi connectivity index (χ0v) is 14.6. The van der Waals surface area contributed by atoms with Gasteiger partial charge in [-0.25, -0.2) is 0 Å². The molecular weight excluding hydrogens is 316 g/mol. The zero-order chi connectivity index (χ0) is 17.3. The summed E-state index contributed by atoms with van der Waals surface area (Å²) in [5, 5.41) is 11.1. The summed E-state index contributed by atoms with van der Waals surface area (Å²) in [7, 11) is 0. The van der Waals surface area contributed by atoms with Gasteiger partial charge in [-0.05, 0) is 43.6 Å². The quantitative estimate of drug-likeness (QED) is 0.906. The van der Waals surface area contributed by atoms with Crippen molar-refractivity contribution in [3.05, 3.63) is 41.8 Å². The highest BCUT2D eigenvalue weighted by Gasteiger charge is 2.45. The highest BCUT2D eigenvalue weighted by molar-refractivity contribution is 5.83. The van der Waals surface area contributed by atoms with Crippen LogP contribution in [-0.4, -0.2) is 40.1 Å². The molecule has 1 atom stereocenters. The number of carbonyl (C=O) groups excluding carboxylic acids is 1. The molecule has 1 unspecified atom stereocenters. The molecule has 1 aromatic carbocycles. The Labute approximate surface area is 147 Å². The Morgan fingerprint density at radius 2 is 1.92 bits per heavy atom. The van der Waals surface area contributed by atoms with E-state index in [1.807, 2.05) is 42.2 Å². The normalized spacial score (nSPS) is 19.6. The first-order valence-electron chi connectivity index (χ1n) is 9.05. The fraction of sp³-hybridized carbons (Fsp3) is 0.526. The Bertz CT molecular complexity index is 729. The molecule has 1 saturated heterocycles. The third-order valence-electron chi connectivity index (χ3n) is 5.47. The van der Waals surface area contributed by atoms with Crippen LogP contribution in [0.4, 0.5) is 6.01 Å². The molecule has 4 rings (SSSR count). The average Bonchev–Trinajstić information content (AvgIpc) is 3.24. The minimum Gasteiger partial charge on any atom is -0.408 e. The van der Waals surface area contributed by atoms with Crippen molar-refractivity contribution in [1.82, 2.24) is 15.1 Å². The van der Waals surface area contributed by atoms with Gasteiger partial charge in [-0.15, -0.1) is 5.10 Å². The lowest BCUT2D eigenvalue weighted by Gasteiger charge is -2.33. The van der Waals surface area contributed by atoms with E-state index in [4.69, 9.17) is 4.42 Å². The molecule has 1 aliphatic heterocycles. The highest BCUT2D eigenvalue weighted by Crippen LogP contribution is 2.53. The largest absolute Gasteiger partial charge is 0.408 e. The van der Waals surface area contributed by atoms with Gasteiger partial charge in [0.2, 0.25) is 11.8 Å². The summed E-state index contributed by atoms with van der Waals surface area (Å²) in [5.74, 6) is 0.653. The molecule has 2 aliphatic rings. The topological polar surface area (TPSA) is 71.3 Å². The fourth-order valence-electron chi connectivity index (χ4n) is 3.55. The predicted octanol–water partition coefficient (Wildman–Crippen LogP) is 2.86. The smallest absolute Gasteiger partial charge is 0.316 e. The maximum atomic E-state index is 12.6. The summed E-state index contributed by atoms with van der Waals surface area (Å²) in [5.41, 5.74) is 1.69. The van der Waals surface area contributed by atoms with Crippen LogP contribution in [0.15, 0.2) is 34.7 Å². The first kappa shape index (κ1) is 16.1. The number of hydrogen-bond acceptors (Lipinski definition) is 5. The van der Waals surface area contributed by atoms with Crippen molar-refractivity contribution >= 4 is 11.9 Å². The lowest BCUT2D eigenvalue weighted by Crippen LogP contribution is -2.45. The molecule has 6 heteroatoms. The standard InChI is InChI=1S/C19H24N4O2/c1-14(17(24)23-11-9-19(7-8-19)10-12-23)20-18-22-21-16(25-18)13-15-5-3-2-4-6-15/h2-6,14H,7-13H2,1H3,(H,20,22). The molecule has 1 saturated carbocycles. The molecule has 1 spiro atoms. The minimum absolute atomic E-state index is 0.110. The maximum absolute atomic E-state index is 12.6. The van der Waals surface area contributed by atoms with Crippen molar-refractivity contribution in [2.75, 3.05) is 18.4 Å². The number of anilines is 1. The van der Waals surface area contributed by atoms with E-state index in [-0.39, 0.29) is 11.9 Å². The van der Waals surface area contributed by atoms with Gasteiger partial charge >= 0.3 is 6.01 Å². The molecule has 2 aromatic rings. The van der Waals surface area contributed by atoms with E-state index in [1.165, 1.54) is 12.8 Å². The van der Waals surface area contributed by atoms with Crippen LogP contribution < -0.4 is 5.32 Å². The molecule has 6 nitrogen and oxygen atoms in total. The first-order chi connectivity index (χ1) is 12.1. The number of piperidine rings is 1. The van der Waals surface area contributed by atoms with Gasteiger partial charge < -0.3 is 14.6 Å². The second kappa shape index (κ2) is 6.50. The Hall–Kier alpha value is -2.37.